The molecule has 19 heavy (non-hydrogen) atoms. The summed E-state index contributed by atoms with van der Waals surface area (Å²) in [5, 5.41) is 12.1. The van der Waals surface area contributed by atoms with Crippen LogP contribution in [-0.2, 0) is 14.3 Å². The van der Waals surface area contributed by atoms with Crippen molar-refractivity contribution in [2.24, 2.45) is 5.92 Å². The van der Waals surface area contributed by atoms with Gasteiger partial charge in [-0.1, -0.05) is 23.2 Å². The van der Waals surface area contributed by atoms with Crippen LogP contribution in [0.5, 0.6) is 0 Å². The Morgan fingerprint density at radius 3 is 2.37 bits per heavy atom. The number of aliphatic carboxylic acids is 1. The Bertz CT molecular complexity index is 459. The van der Waals surface area contributed by atoms with Gasteiger partial charge in [0.25, 0.3) is 0 Å². The standard InChI is InChI=1S/C12H13Cl2NO4/c1-19-6-7(2-11(16)17)12(18)15-10-4-8(13)3-9(14)5-10/h3-5,7H,2,6H2,1H3,(H,15,18)(H,16,17). The van der Waals surface area contributed by atoms with Gasteiger partial charge < -0.3 is 15.2 Å². The van der Waals surface area contributed by atoms with Gasteiger partial charge in [0, 0.05) is 22.8 Å². The first-order valence-corrected chi connectivity index (χ1v) is 6.15. The second kappa shape index (κ2) is 7.33. The summed E-state index contributed by atoms with van der Waals surface area (Å²) in [7, 11) is 1.40. The number of hydrogen-bond donors (Lipinski definition) is 2. The molecule has 1 unspecified atom stereocenters. The van der Waals surface area contributed by atoms with Crippen molar-refractivity contribution in [3.63, 3.8) is 0 Å². The van der Waals surface area contributed by atoms with E-state index in [1.54, 1.807) is 0 Å². The summed E-state index contributed by atoms with van der Waals surface area (Å²) in [5.74, 6) is -2.30. The number of nitrogens with one attached hydrogen (secondary N) is 1. The quantitative estimate of drug-likeness (QED) is 0.847. The van der Waals surface area contributed by atoms with E-state index in [1.807, 2.05) is 0 Å². The molecular weight excluding hydrogens is 293 g/mol. The third kappa shape index (κ3) is 5.46. The molecule has 0 spiro atoms. The zero-order valence-electron chi connectivity index (χ0n) is 10.2. The van der Waals surface area contributed by atoms with Crippen molar-refractivity contribution < 1.29 is 19.4 Å². The third-order valence-electron chi connectivity index (χ3n) is 2.29. The maximum Gasteiger partial charge on any atom is 0.304 e. The number of anilines is 1. The van der Waals surface area contributed by atoms with E-state index >= 15 is 0 Å². The smallest absolute Gasteiger partial charge is 0.304 e. The first-order valence-electron chi connectivity index (χ1n) is 5.40. The van der Waals surface area contributed by atoms with Crippen LogP contribution in [0.25, 0.3) is 0 Å². The van der Waals surface area contributed by atoms with Gasteiger partial charge in [0.15, 0.2) is 0 Å². The van der Waals surface area contributed by atoms with Crippen LogP contribution in [0.2, 0.25) is 10.0 Å². The second-order valence-corrected chi connectivity index (χ2v) is 4.77. The lowest BCUT2D eigenvalue weighted by Gasteiger charge is -2.14. The lowest BCUT2D eigenvalue weighted by molar-refractivity contribution is -0.141. The van der Waals surface area contributed by atoms with E-state index in [1.165, 1.54) is 25.3 Å². The zero-order chi connectivity index (χ0) is 14.4. The van der Waals surface area contributed by atoms with Crippen molar-refractivity contribution in [2.45, 2.75) is 6.42 Å². The summed E-state index contributed by atoms with van der Waals surface area (Å²) in [6.07, 6.45) is -0.312. The average Bonchev–Trinajstić information content (AvgIpc) is 2.26. The monoisotopic (exact) mass is 305 g/mol. The fourth-order valence-corrected chi connectivity index (χ4v) is 2.04. The summed E-state index contributed by atoms with van der Waals surface area (Å²) >= 11 is 11.6. The summed E-state index contributed by atoms with van der Waals surface area (Å²) in [5.41, 5.74) is 0.411. The normalized spacial score (nSPS) is 11.9. The minimum atomic E-state index is -1.07. The number of ether oxygens (including phenoxy) is 1. The van der Waals surface area contributed by atoms with Crippen LogP contribution in [-0.4, -0.2) is 30.7 Å². The van der Waals surface area contributed by atoms with E-state index in [-0.39, 0.29) is 13.0 Å². The second-order valence-electron chi connectivity index (χ2n) is 3.90. The number of carbonyl (C=O) groups excluding carboxylic acids is 1. The van der Waals surface area contributed by atoms with E-state index in [2.05, 4.69) is 5.32 Å². The summed E-state index contributed by atoms with van der Waals surface area (Å²) < 4.78 is 4.83. The Morgan fingerprint density at radius 1 is 1.32 bits per heavy atom. The SMILES string of the molecule is COCC(CC(=O)O)C(=O)Nc1cc(Cl)cc(Cl)c1. The van der Waals surface area contributed by atoms with E-state index in [4.69, 9.17) is 33.0 Å². The Morgan fingerprint density at radius 2 is 1.89 bits per heavy atom. The fraction of sp³-hybridized carbons (Fsp3) is 0.333. The van der Waals surface area contributed by atoms with Crippen molar-refractivity contribution in [2.75, 3.05) is 19.0 Å². The topological polar surface area (TPSA) is 75.6 Å². The van der Waals surface area contributed by atoms with E-state index in [9.17, 15) is 9.59 Å². The molecule has 0 bridgehead atoms. The minimum absolute atomic E-state index is 0.0203. The van der Waals surface area contributed by atoms with Crippen LogP contribution < -0.4 is 5.32 Å². The molecule has 1 aromatic rings. The van der Waals surface area contributed by atoms with Crippen molar-refractivity contribution >= 4 is 40.8 Å². The van der Waals surface area contributed by atoms with Gasteiger partial charge in [-0.25, -0.2) is 0 Å². The maximum atomic E-state index is 11.9. The molecule has 0 saturated carbocycles. The molecule has 7 heteroatoms. The van der Waals surface area contributed by atoms with Gasteiger partial charge in [-0.2, -0.15) is 0 Å². The predicted octanol–water partition coefficient (Wildman–Crippen LogP) is 2.67. The Hall–Kier alpha value is -1.30. The largest absolute Gasteiger partial charge is 0.481 e. The highest BCUT2D eigenvalue weighted by Crippen LogP contribution is 2.23. The third-order valence-corrected chi connectivity index (χ3v) is 2.73. The number of benzene rings is 1. The minimum Gasteiger partial charge on any atom is -0.481 e. The molecule has 1 aromatic carbocycles. The first kappa shape index (κ1) is 15.8. The maximum absolute atomic E-state index is 11.9. The van der Waals surface area contributed by atoms with E-state index in [0.29, 0.717) is 15.7 Å². The molecule has 0 radical (unpaired) electrons. The average molecular weight is 306 g/mol. The van der Waals surface area contributed by atoms with Crippen LogP contribution in [0.4, 0.5) is 5.69 Å². The number of amides is 1. The fourth-order valence-electron chi connectivity index (χ4n) is 1.51. The molecule has 1 rings (SSSR count). The Labute approximate surface area is 120 Å². The molecule has 0 saturated heterocycles. The number of carbonyl (C=O) groups is 2. The number of carboxylic acid groups (broad SMARTS) is 1. The first-order chi connectivity index (χ1) is 8.92. The van der Waals surface area contributed by atoms with Gasteiger partial charge in [0.05, 0.1) is 18.9 Å². The van der Waals surface area contributed by atoms with Gasteiger partial charge in [0.2, 0.25) is 5.91 Å². The molecule has 0 aliphatic heterocycles. The zero-order valence-corrected chi connectivity index (χ0v) is 11.7. The number of hydrogen-bond acceptors (Lipinski definition) is 3. The molecule has 0 aliphatic rings. The Kier molecular flexibility index (Phi) is 6.08. The number of methoxy groups -OCH3 is 1. The molecule has 104 valence electrons. The molecule has 0 aliphatic carbocycles. The lowest BCUT2D eigenvalue weighted by Crippen LogP contribution is -2.28. The highest BCUT2D eigenvalue weighted by Gasteiger charge is 2.21. The van der Waals surface area contributed by atoms with Crippen LogP contribution >= 0.6 is 23.2 Å². The predicted molar refractivity (Wildman–Crippen MR) is 72.7 cm³/mol. The molecular formula is C12H13Cl2NO4. The van der Waals surface area contributed by atoms with E-state index in [0.717, 1.165) is 0 Å². The molecule has 1 amide bonds. The molecule has 5 nitrogen and oxygen atoms in total. The van der Waals surface area contributed by atoms with Gasteiger partial charge >= 0.3 is 5.97 Å². The van der Waals surface area contributed by atoms with Crippen molar-refractivity contribution in [1.82, 2.24) is 0 Å². The van der Waals surface area contributed by atoms with Crippen LogP contribution in [0.1, 0.15) is 6.42 Å². The molecule has 0 heterocycles. The van der Waals surface area contributed by atoms with Gasteiger partial charge in [-0.15, -0.1) is 0 Å². The summed E-state index contributed by atoms with van der Waals surface area (Å²) in [4.78, 5) is 22.6. The number of rotatable bonds is 6. The van der Waals surface area contributed by atoms with Crippen LogP contribution in [0.3, 0.4) is 0 Å². The number of halogens is 2. The van der Waals surface area contributed by atoms with Crippen molar-refractivity contribution in [1.29, 1.82) is 0 Å². The number of carboxylic acids is 1. The van der Waals surface area contributed by atoms with Gasteiger partial charge in [-0.3, -0.25) is 9.59 Å². The van der Waals surface area contributed by atoms with Crippen molar-refractivity contribution in [3.8, 4) is 0 Å². The molecule has 0 aromatic heterocycles. The molecule has 0 fully saturated rings. The highest BCUT2D eigenvalue weighted by molar-refractivity contribution is 6.35. The lowest BCUT2D eigenvalue weighted by atomic mass is 10.1. The summed E-state index contributed by atoms with van der Waals surface area (Å²) in [6.45, 7) is 0.0203. The summed E-state index contributed by atoms with van der Waals surface area (Å²) in [6, 6.07) is 4.58. The van der Waals surface area contributed by atoms with Gasteiger partial charge in [0.1, 0.15) is 0 Å². The Balaban J connectivity index is 2.77. The van der Waals surface area contributed by atoms with Crippen LogP contribution in [0.15, 0.2) is 18.2 Å². The molecule has 2 N–H and O–H groups in total. The highest BCUT2D eigenvalue weighted by atomic mass is 35.5. The van der Waals surface area contributed by atoms with Gasteiger partial charge in [-0.05, 0) is 18.2 Å². The van der Waals surface area contributed by atoms with Crippen LogP contribution in [0, 0.1) is 5.92 Å². The van der Waals surface area contributed by atoms with Crippen molar-refractivity contribution in [3.05, 3.63) is 28.2 Å². The van der Waals surface area contributed by atoms with E-state index < -0.39 is 17.8 Å². The molecule has 1 atom stereocenters.